The highest BCUT2D eigenvalue weighted by atomic mass is 19.4. The van der Waals surface area contributed by atoms with Crippen molar-refractivity contribution >= 4 is 0 Å². The van der Waals surface area contributed by atoms with E-state index in [1.54, 1.807) is 18.3 Å². The molecule has 8 heteroatoms. The van der Waals surface area contributed by atoms with E-state index in [1.807, 2.05) is 36.4 Å². The van der Waals surface area contributed by atoms with Gasteiger partial charge < -0.3 is 5.32 Å². The molecule has 0 spiro atoms. The Kier molecular flexibility index (Phi) is 7.48. The van der Waals surface area contributed by atoms with Gasteiger partial charge in [-0.25, -0.2) is 9.97 Å². The number of hydrogen-bond donors (Lipinski definition) is 1. The van der Waals surface area contributed by atoms with Crippen LogP contribution >= 0.6 is 0 Å². The Labute approximate surface area is 201 Å². The zero-order valence-corrected chi connectivity index (χ0v) is 18.8. The Morgan fingerprint density at radius 3 is 2.40 bits per heavy atom. The molecule has 2 heterocycles. The van der Waals surface area contributed by atoms with Crippen LogP contribution in [0.5, 0.6) is 0 Å². The molecule has 176 valence electrons. The maximum Gasteiger partial charge on any atom is 0.416 e. The number of aromatic nitrogens is 3. The van der Waals surface area contributed by atoms with Gasteiger partial charge in [0.25, 0.3) is 0 Å². The Morgan fingerprint density at radius 2 is 1.69 bits per heavy atom. The fourth-order valence-electron chi connectivity index (χ4n) is 3.63. The first-order valence-electron chi connectivity index (χ1n) is 11.1. The largest absolute Gasteiger partial charge is 0.416 e. The minimum atomic E-state index is -4.45. The van der Waals surface area contributed by atoms with Crippen molar-refractivity contribution in [2.45, 2.75) is 25.6 Å². The molecule has 0 saturated heterocycles. The van der Waals surface area contributed by atoms with Gasteiger partial charge in [0.05, 0.1) is 17.0 Å². The van der Waals surface area contributed by atoms with Crippen molar-refractivity contribution in [2.24, 2.45) is 0 Å². The van der Waals surface area contributed by atoms with E-state index >= 15 is 0 Å². The van der Waals surface area contributed by atoms with Gasteiger partial charge in [0, 0.05) is 29.6 Å². The van der Waals surface area contributed by atoms with Crippen LogP contribution in [0.3, 0.4) is 0 Å². The first kappa shape index (κ1) is 24.0. The van der Waals surface area contributed by atoms with Crippen LogP contribution in [0, 0.1) is 11.3 Å². The third-order valence-corrected chi connectivity index (χ3v) is 5.40. The Balaban J connectivity index is 1.33. The summed E-state index contributed by atoms with van der Waals surface area (Å²) in [5.41, 5.74) is 3.59. The first-order valence-corrected chi connectivity index (χ1v) is 11.1. The summed E-state index contributed by atoms with van der Waals surface area (Å²) in [6.45, 7) is 1.41. The van der Waals surface area contributed by atoms with Crippen LogP contribution in [0.1, 0.15) is 29.1 Å². The smallest absolute Gasteiger partial charge is 0.313 e. The van der Waals surface area contributed by atoms with Crippen LogP contribution in [0.4, 0.5) is 13.2 Å². The number of pyridine rings is 1. The van der Waals surface area contributed by atoms with Gasteiger partial charge in [-0.05, 0) is 55.3 Å². The molecule has 2 aromatic heterocycles. The lowest BCUT2D eigenvalue weighted by Gasteiger charge is -2.10. The summed E-state index contributed by atoms with van der Waals surface area (Å²) in [6.07, 6.45) is -1.37. The monoisotopic (exact) mass is 473 g/mol. The third kappa shape index (κ3) is 6.49. The van der Waals surface area contributed by atoms with Crippen molar-refractivity contribution in [3.8, 4) is 28.6 Å². The Morgan fingerprint density at radius 1 is 0.857 bits per heavy atom. The van der Waals surface area contributed by atoms with Crippen LogP contribution in [0.15, 0.2) is 79.0 Å². The number of halogens is 3. The van der Waals surface area contributed by atoms with E-state index in [2.05, 4.69) is 32.4 Å². The second kappa shape index (κ2) is 10.9. The molecule has 2 aromatic carbocycles. The van der Waals surface area contributed by atoms with Crippen molar-refractivity contribution in [2.75, 3.05) is 6.54 Å². The van der Waals surface area contributed by atoms with Gasteiger partial charge in [-0.1, -0.05) is 42.5 Å². The van der Waals surface area contributed by atoms with Crippen molar-refractivity contribution < 1.29 is 13.2 Å². The second-order valence-corrected chi connectivity index (χ2v) is 7.95. The average Bonchev–Trinajstić information content (AvgIpc) is 2.89. The summed E-state index contributed by atoms with van der Waals surface area (Å²) in [5, 5.41) is 12.7. The molecule has 35 heavy (non-hydrogen) atoms. The molecule has 5 nitrogen and oxygen atoms in total. The van der Waals surface area contributed by atoms with Gasteiger partial charge in [-0.2, -0.15) is 18.4 Å². The van der Waals surface area contributed by atoms with Gasteiger partial charge in [-0.3, -0.25) is 4.98 Å². The number of nitrogens with zero attached hydrogens (tertiary/aromatic N) is 4. The SMILES string of the molecule is N#Cc1nc(CCCNCc2ccc(-c3ccccn3)cc2)cc(-c2cccc(C(F)(F)F)c2)n1. The lowest BCUT2D eigenvalue weighted by atomic mass is 10.1. The van der Waals surface area contributed by atoms with Gasteiger partial charge in [0.15, 0.2) is 0 Å². The number of hydrogen-bond acceptors (Lipinski definition) is 5. The van der Waals surface area contributed by atoms with Crippen LogP contribution in [0.25, 0.3) is 22.5 Å². The number of benzene rings is 2. The molecule has 0 unspecified atom stereocenters. The van der Waals surface area contributed by atoms with Gasteiger partial charge in [-0.15, -0.1) is 0 Å². The second-order valence-electron chi connectivity index (χ2n) is 7.95. The molecule has 0 radical (unpaired) electrons. The normalized spacial score (nSPS) is 11.3. The molecule has 0 fully saturated rings. The maximum atomic E-state index is 13.1. The van der Waals surface area contributed by atoms with E-state index in [4.69, 9.17) is 0 Å². The highest BCUT2D eigenvalue weighted by molar-refractivity contribution is 5.61. The van der Waals surface area contributed by atoms with Gasteiger partial charge in [0.1, 0.15) is 6.07 Å². The first-order chi connectivity index (χ1) is 16.9. The molecule has 0 atom stereocenters. The predicted molar refractivity (Wildman–Crippen MR) is 127 cm³/mol. The lowest BCUT2D eigenvalue weighted by Crippen LogP contribution is -2.15. The summed E-state index contributed by atoms with van der Waals surface area (Å²) in [7, 11) is 0. The lowest BCUT2D eigenvalue weighted by molar-refractivity contribution is -0.137. The van der Waals surface area contributed by atoms with Crippen molar-refractivity contribution in [1.82, 2.24) is 20.3 Å². The van der Waals surface area contributed by atoms with E-state index in [-0.39, 0.29) is 5.82 Å². The molecule has 0 amide bonds. The molecule has 4 aromatic rings. The molecular formula is C27H22F3N5. The molecule has 0 aliphatic carbocycles. The van der Waals surface area contributed by atoms with Crippen LogP contribution in [0.2, 0.25) is 0 Å². The summed E-state index contributed by atoms with van der Waals surface area (Å²) in [6, 6.07) is 22.5. The zero-order valence-electron chi connectivity index (χ0n) is 18.8. The Hall–Kier alpha value is -4.09. The quantitative estimate of drug-likeness (QED) is 0.327. The number of nitriles is 1. The summed E-state index contributed by atoms with van der Waals surface area (Å²) < 4.78 is 39.2. The molecule has 1 N–H and O–H groups in total. The molecule has 4 rings (SSSR count). The summed E-state index contributed by atoms with van der Waals surface area (Å²) in [4.78, 5) is 12.7. The highest BCUT2D eigenvalue weighted by Gasteiger charge is 2.30. The van der Waals surface area contributed by atoms with Crippen molar-refractivity contribution in [3.05, 3.63) is 102 Å². The van der Waals surface area contributed by atoms with E-state index < -0.39 is 11.7 Å². The molecular weight excluding hydrogens is 451 g/mol. The molecule has 0 aliphatic rings. The summed E-state index contributed by atoms with van der Waals surface area (Å²) >= 11 is 0. The number of rotatable bonds is 8. The minimum absolute atomic E-state index is 0.0594. The number of nitrogens with one attached hydrogen (secondary N) is 1. The van der Waals surface area contributed by atoms with Crippen LogP contribution in [-0.4, -0.2) is 21.5 Å². The standard InChI is InChI=1S/C27H22F3N5/c28-27(29,30)22-6-3-5-21(15-22)25-16-23(34-26(17-31)35-25)7-4-13-32-18-19-9-11-20(12-10-19)24-8-1-2-14-33-24/h1-3,5-6,8-12,14-16,32H,4,7,13,18H2. The van der Waals surface area contributed by atoms with Crippen molar-refractivity contribution in [1.29, 1.82) is 5.26 Å². The molecule has 0 saturated carbocycles. The Bertz CT molecular complexity index is 1310. The van der Waals surface area contributed by atoms with Gasteiger partial charge >= 0.3 is 6.18 Å². The van der Waals surface area contributed by atoms with E-state index in [0.717, 1.165) is 35.4 Å². The van der Waals surface area contributed by atoms with E-state index in [9.17, 15) is 18.4 Å². The van der Waals surface area contributed by atoms with Crippen LogP contribution in [-0.2, 0) is 19.1 Å². The van der Waals surface area contributed by atoms with Crippen LogP contribution < -0.4 is 5.32 Å². The third-order valence-electron chi connectivity index (χ3n) is 5.40. The van der Waals surface area contributed by atoms with Crippen molar-refractivity contribution in [3.63, 3.8) is 0 Å². The molecule has 0 aliphatic heterocycles. The van der Waals surface area contributed by atoms with E-state index in [0.29, 0.717) is 36.5 Å². The number of alkyl halides is 3. The molecule has 0 bridgehead atoms. The fraction of sp³-hybridized carbons (Fsp3) is 0.185. The van der Waals surface area contributed by atoms with Gasteiger partial charge in [0.2, 0.25) is 5.82 Å². The minimum Gasteiger partial charge on any atom is -0.313 e. The zero-order chi connectivity index (χ0) is 24.7. The maximum absolute atomic E-state index is 13.1. The highest BCUT2D eigenvalue weighted by Crippen LogP contribution is 2.32. The number of aryl methyl sites for hydroxylation is 1. The van der Waals surface area contributed by atoms with E-state index in [1.165, 1.54) is 6.07 Å². The topological polar surface area (TPSA) is 74.5 Å². The average molecular weight is 474 g/mol. The fourth-order valence-corrected chi connectivity index (χ4v) is 3.63. The summed E-state index contributed by atoms with van der Waals surface area (Å²) in [5.74, 6) is -0.0594. The predicted octanol–water partition coefficient (Wildman–Crippen LogP) is 5.82.